The first-order valence-corrected chi connectivity index (χ1v) is 9.94. The summed E-state index contributed by atoms with van der Waals surface area (Å²) in [6, 6.07) is 8.50. The maximum Gasteiger partial charge on any atom is 0.228 e. The van der Waals surface area contributed by atoms with Crippen molar-refractivity contribution in [3.05, 3.63) is 36.0 Å². The second kappa shape index (κ2) is 8.05. The molecule has 6 nitrogen and oxygen atoms in total. The van der Waals surface area contributed by atoms with E-state index in [2.05, 4.69) is 27.4 Å². The number of hydrogen-bond acceptors (Lipinski definition) is 5. The van der Waals surface area contributed by atoms with E-state index in [1.165, 1.54) is 25.8 Å². The quantitative estimate of drug-likeness (QED) is 0.796. The Kier molecular flexibility index (Phi) is 5.34. The van der Waals surface area contributed by atoms with E-state index < -0.39 is 0 Å². The molecular weight excluding hydrogens is 338 g/mol. The van der Waals surface area contributed by atoms with Gasteiger partial charge in [-0.2, -0.15) is 0 Å². The fourth-order valence-electron chi connectivity index (χ4n) is 3.99. The van der Waals surface area contributed by atoms with Gasteiger partial charge < -0.3 is 15.5 Å². The summed E-state index contributed by atoms with van der Waals surface area (Å²) in [5.74, 6) is 0.603. The Balaban J connectivity index is 1.43. The van der Waals surface area contributed by atoms with Crippen LogP contribution in [0.15, 0.2) is 30.5 Å². The molecular formula is C21H27N5O. The highest BCUT2D eigenvalue weighted by Crippen LogP contribution is 2.32. The van der Waals surface area contributed by atoms with Gasteiger partial charge in [0.15, 0.2) is 0 Å². The van der Waals surface area contributed by atoms with Gasteiger partial charge in [0.2, 0.25) is 11.9 Å². The molecule has 142 valence electrons. The molecule has 2 aliphatic heterocycles. The molecule has 1 saturated heterocycles. The normalized spacial score (nSPS) is 19.6. The third-order valence-corrected chi connectivity index (χ3v) is 5.52. The molecule has 0 bridgehead atoms. The summed E-state index contributed by atoms with van der Waals surface area (Å²) in [7, 11) is 0. The van der Waals surface area contributed by atoms with E-state index in [0.717, 1.165) is 42.0 Å². The second-order valence-electron chi connectivity index (χ2n) is 7.50. The van der Waals surface area contributed by atoms with E-state index in [1.807, 2.05) is 24.3 Å². The molecule has 6 heteroatoms. The van der Waals surface area contributed by atoms with Crippen LogP contribution in [0.25, 0.3) is 11.3 Å². The molecule has 2 N–H and O–H groups in total. The van der Waals surface area contributed by atoms with Crippen molar-refractivity contribution in [1.29, 1.82) is 0 Å². The first-order valence-electron chi connectivity index (χ1n) is 9.94. The summed E-state index contributed by atoms with van der Waals surface area (Å²) in [6.07, 6.45) is 7.14. The van der Waals surface area contributed by atoms with Gasteiger partial charge in [-0.1, -0.05) is 24.6 Å². The number of piperidine rings is 1. The minimum absolute atomic E-state index is 0.0267. The fraction of sp³-hybridized carbons (Fsp3) is 0.476. The van der Waals surface area contributed by atoms with Crippen molar-refractivity contribution in [2.45, 2.75) is 45.1 Å². The largest absolute Gasteiger partial charge is 0.354 e. The number of amides is 1. The molecule has 0 saturated carbocycles. The standard InChI is InChI=1S/C21H27N5O/c1-15-7-4-5-11-26(15)12-6-10-22-21-23-14-16-13-19(27)24-18-9-3-2-8-17(18)20(16)25-21/h2-3,8-9,14-15H,4-7,10-13H2,1H3,(H,24,27)(H,22,23,25). The molecule has 1 aromatic heterocycles. The van der Waals surface area contributed by atoms with Gasteiger partial charge >= 0.3 is 0 Å². The minimum atomic E-state index is -0.0267. The molecule has 0 spiro atoms. The lowest BCUT2D eigenvalue weighted by Crippen LogP contribution is -2.38. The maximum atomic E-state index is 12.1. The van der Waals surface area contributed by atoms with Gasteiger partial charge in [-0.15, -0.1) is 0 Å². The summed E-state index contributed by atoms with van der Waals surface area (Å²) in [5.41, 5.74) is 3.46. The van der Waals surface area contributed by atoms with Gasteiger partial charge in [-0.25, -0.2) is 9.97 Å². The highest BCUT2D eigenvalue weighted by Gasteiger charge is 2.21. The average molecular weight is 365 g/mol. The molecule has 1 atom stereocenters. The van der Waals surface area contributed by atoms with Crippen LogP contribution in [-0.4, -0.2) is 46.5 Å². The van der Waals surface area contributed by atoms with Crippen molar-refractivity contribution < 1.29 is 4.79 Å². The number of carbonyl (C=O) groups is 1. The van der Waals surface area contributed by atoms with Crippen molar-refractivity contribution in [2.75, 3.05) is 30.3 Å². The summed E-state index contributed by atoms with van der Waals surface area (Å²) in [4.78, 5) is 23.8. The van der Waals surface area contributed by atoms with E-state index in [9.17, 15) is 4.79 Å². The van der Waals surface area contributed by atoms with Gasteiger partial charge in [0.25, 0.3) is 0 Å². The number of nitrogens with zero attached hydrogens (tertiary/aromatic N) is 3. The van der Waals surface area contributed by atoms with Crippen LogP contribution in [0.3, 0.4) is 0 Å². The molecule has 1 fully saturated rings. The molecule has 2 aliphatic rings. The molecule has 1 amide bonds. The monoisotopic (exact) mass is 365 g/mol. The molecule has 27 heavy (non-hydrogen) atoms. The topological polar surface area (TPSA) is 70.2 Å². The first kappa shape index (κ1) is 17.9. The van der Waals surface area contributed by atoms with Gasteiger partial charge in [-0.3, -0.25) is 4.79 Å². The molecule has 1 unspecified atom stereocenters. The predicted molar refractivity (Wildman–Crippen MR) is 108 cm³/mol. The zero-order valence-corrected chi connectivity index (χ0v) is 15.9. The number of carbonyl (C=O) groups excluding carboxylic acids is 1. The molecule has 1 aromatic carbocycles. The minimum Gasteiger partial charge on any atom is -0.354 e. The van der Waals surface area contributed by atoms with Gasteiger partial charge in [0.05, 0.1) is 17.8 Å². The van der Waals surface area contributed by atoms with Crippen LogP contribution >= 0.6 is 0 Å². The summed E-state index contributed by atoms with van der Waals surface area (Å²) in [6.45, 7) is 5.50. The maximum absolute atomic E-state index is 12.1. The van der Waals surface area contributed by atoms with Crippen LogP contribution in [0.1, 0.15) is 38.2 Å². The lowest BCUT2D eigenvalue weighted by molar-refractivity contribution is -0.115. The zero-order valence-electron chi connectivity index (χ0n) is 15.9. The molecule has 0 aliphatic carbocycles. The third kappa shape index (κ3) is 4.11. The SMILES string of the molecule is CC1CCCCN1CCCNc1ncc2c(n1)-c1ccccc1NC(=O)C2. The molecule has 2 aromatic rings. The zero-order chi connectivity index (χ0) is 18.6. The fourth-order valence-corrected chi connectivity index (χ4v) is 3.99. The van der Waals surface area contributed by atoms with E-state index in [0.29, 0.717) is 18.4 Å². The number of aromatic nitrogens is 2. The van der Waals surface area contributed by atoms with E-state index in [1.54, 1.807) is 6.20 Å². The van der Waals surface area contributed by atoms with Crippen molar-refractivity contribution >= 4 is 17.5 Å². The Labute approximate surface area is 160 Å². The van der Waals surface area contributed by atoms with Gasteiger partial charge in [-0.05, 0) is 38.8 Å². The van der Waals surface area contributed by atoms with Crippen molar-refractivity contribution in [3.8, 4) is 11.3 Å². The van der Waals surface area contributed by atoms with Crippen molar-refractivity contribution in [2.24, 2.45) is 0 Å². The van der Waals surface area contributed by atoms with Crippen LogP contribution < -0.4 is 10.6 Å². The number of anilines is 2. The van der Waals surface area contributed by atoms with Crippen LogP contribution in [0.2, 0.25) is 0 Å². The highest BCUT2D eigenvalue weighted by atomic mass is 16.1. The second-order valence-corrected chi connectivity index (χ2v) is 7.50. The van der Waals surface area contributed by atoms with Crippen molar-refractivity contribution in [3.63, 3.8) is 0 Å². The van der Waals surface area contributed by atoms with Crippen LogP contribution in [-0.2, 0) is 11.2 Å². The van der Waals surface area contributed by atoms with E-state index in [4.69, 9.17) is 4.98 Å². The lowest BCUT2D eigenvalue weighted by Gasteiger charge is -2.33. The highest BCUT2D eigenvalue weighted by molar-refractivity contribution is 5.99. The molecule has 4 rings (SSSR count). The lowest BCUT2D eigenvalue weighted by atomic mass is 10.0. The Morgan fingerprint density at radius 1 is 1.30 bits per heavy atom. The first-order chi connectivity index (χ1) is 13.2. The average Bonchev–Trinajstić information content (AvgIpc) is 2.81. The Hall–Kier alpha value is -2.47. The Morgan fingerprint density at radius 2 is 2.19 bits per heavy atom. The number of rotatable bonds is 5. The third-order valence-electron chi connectivity index (χ3n) is 5.52. The number of para-hydroxylation sites is 1. The number of benzene rings is 1. The summed E-state index contributed by atoms with van der Waals surface area (Å²) >= 11 is 0. The number of likely N-dealkylation sites (tertiary alicyclic amines) is 1. The predicted octanol–water partition coefficient (Wildman–Crippen LogP) is 3.31. The molecule has 0 radical (unpaired) electrons. The van der Waals surface area contributed by atoms with Gasteiger partial charge in [0, 0.05) is 36.5 Å². The van der Waals surface area contributed by atoms with Crippen molar-refractivity contribution in [1.82, 2.24) is 14.9 Å². The Morgan fingerprint density at radius 3 is 3.07 bits per heavy atom. The summed E-state index contributed by atoms with van der Waals surface area (Å²) < 4.78 is 0. The number of nitrogens with one attached hydrogen (secondary N) is 2. The van der Waals surface area contributed by atoms with Crippen LogP contribution in [0.5, 0.6) is 0 Å². The Bertz CT molecular complexity index is 822. The summed E-state index contributed by atoms with van der Waals surface area (Å²) in [5, 5.41) is 6.31. The van der Waals surface area contributed by atoms with Crippen LogP contribution in [0.4, 0.5) is 11.6 Å². The van der Waals surface area contributed by atoms with Crippen LogP contribution in [0, 0.1) is 0 Å². The van der Waals surface area contributed by atoms with Gasteiger partial charge in [0.1, 0.15) is 0 Å². The number of hydrogen-bond donors (Lipinski definition) is 2. The molecule has 3 heterocycles. The van der Waals surface area contributed by atoms with E-state index in [-0.39, 0.29) is 5.91 Å². The van der Waals surface area contributed by atoms with E-state index >= 15 is 0 Å². The number of fused-ring (bicyclic) bond motifs is 3. The smallest absolute Gasteiger partial charge is 0.228 e.